The van der Waals surface area contributed by atoms with Gasteiger partial charge in [0, 0.05) is 12.8 Å². The molecule has 0 aromatic heterocycles. The van der Waals surface area contributed by atoms with E-state index in [4.69, 9.17) is 26.4 Å². The Morgan fingerprint density at radius 3 is 1.43 bits per heavy atom. The van der Waals surface area contributed by atoms with Gasteiger partial charge >= 0.3 is 0 Å². The summed E-state index contributed by atoms with van der Waals surface area (Å²) < 4.78 is 5.84. The van der Waals surface area contributed by atoms with Gasteiger partial charge in [-0.25, -0.2) is 0 Å². The molecule has 0 aliphatic carbocycles. The van der Waals surface area contributed by atoms with E-state index in [1.165, 1.54) is 0 Å². The molecule has 0 radical (unpaired) electrons. The van der Waals surface area contributed by atoms with Crippen LogP contribution in [0.15, 0.2) is 0 Å². The molecule has 0 unspecified atom stereocenters. The van der Waals surface area contributed by atoms with Crippen molar-refractivity contribution in [3.8, 4) is 0 Å². The van der Waals surface area contributed by atoms with Crippen molar-refractivity contribution >= 4 is 11.6 Å². The summed E-state index contributed by atoms with van der Waals surface area (Å²) in [5.41, 5.74) is 9.27. The lowest BCUT2D eigenvalue weighted by molar-refractivity contribution is -0.151. The Bertz CT molecular complexity index is 334. The quantitative estimate of drug-likeness (QED) is 0.411. The largest absolute Gasteiger partial charge is 0.394 e. The summed E-state index contributed by atoms with van der Waals surface area (Å²) in [5.74, 6) is -0.617. The number of ether oxygens (including phenoxy) is 1. The molecule has 6 N–H and O–H groups in total. The third-order valence-corrected chi connectivity index (χ3v) is 2.97. The van der Waals surface area contributed by atoms with E-state index >= 15 is 0 Å². The zero-order chi connectivity index (χ0) is 16.8. The van der Waals surface area contributed by atoms with Crippen LogP contribution in [0.1, 0.15) is 40.5 Å². The molecule has 0 aromatic rings. The van der Waals surface area contributed by atoms with E-state index < -0.39 is 36.5 Å². The molecular formula is C14H28N2O5. The van der Waals surface area contributed by atoms with Gasteiger partial charge in [-0.05, 0) is 27.7 Å². The lowest BCUT2D eigenvalue weighted by Crippen LogP contribution is -2.45. The van der Waals surface area contributed by atoms with E-state index in [1.807, 2.05) is 0 Å². The molecule has 0 spiro atoms. The molecule has 0 fully saturated rings. The number of Topliss-reactive ketones (excluding diaryl/α,β-unsaturated/α-hetero) is 2. The highest BCUT2D eigenvalue weighted by Gasteiger charge is 2.34. The lowest BCUT2D eigenvalue weighted by atomic mass is 9.93. The topological polar surface area (TPSA) is 136 Å². The molecule has 0 heterocycles. The van der Waals surface area contributed by atoms with Gasteiger partial charge in [-0.3, -0.25) is 9.59 Å². The second-order valence-corrected chi connectivity index (χ2v) is 6.49. The average molecular weight is 304 g/mol. The van der Waals surface area contributed by atoms with Crippen molar-refractivity contribution in [2.45, 2.75) is 63.8 Å². The monoisotopic (exact) mass is 304 g/mol. The molecule has 21 heavy (non-hydrogen) atoms. The Labute approximate surface area is 125 Å². The molecule has 0 bridgehead atoms. The van der Waals surface area contributed by atoms with Gasteiger partial charge in [0.05, 0.1) is 36.5 Å². The Kier molecular flexibility index (Phi) is 7.63. The predicted octanol–water partition coefficient (Wildman–Crippen LogP) is -0.882. The SMILES string of the molecule is CC(C)(CC(=O)[C@@H](N)CO)OC(C)(C)CC(=O)[C@@H](N)CO. The first-order valence-electron chi connectivity index (χ1n) is 6.92. The molecule has 124 valence electrons. The summed E-state index contributed by atoms with van der Waals surface area (Å²) in [6.07, 6.45) is 0.0524. The standard InChI is InChI=1S/C14H28N2O5/c1-13(2,5-11(19)9(15)7-17)21-14(3,4)6-12(20)10(16)8-18/h9-10,17-18H,5-8,15-16H2,1-4H3/t9-,10-/m0/s1. The number of rotatable bonds is 10. The maximum Gasteiger partial charge on any atom is 0.154 e. The minimum atomic E-state index is -0.930. The van der Waals surface area contributed by atoms with Crippen molar-refractivity contribution in [1.29, 1.82) is 0 Å². The number of ketones is 2. The van der Waals surface area contributed by atoms with Crippen LogP contribution in [0.5, 0.6) is 0 Å². The predicted molar refractivity (Wildman–Crippen MR) is 78.6 cm³/mol. The number of aliphatic hydroxyl groups excluding tert-OH is 2. The number of hydrogen-bond donors (Lipinski definition) is 4. The highest BCUT2D eigenvalue weighted by Crippen LogP contribution is 2.26. The van der Waals surface area contributed by atoms with E-state index in [9.17, 15) is 9.59 Å². The first kappa shape index (κ1) is 20.1. The number of hydrogen-bond acceptors (Lipinski definition) is 7. The van der Waals surface area contributed by atoms with E-state index in [2.05, 4.69) is 0 Å². The maximum absolute atomic E-state index is 11.8. The van der Waals surface area contributed by atoms with Crippen molar-refractivity contribution in [3.63, 3.8) is 0 Å². The fourth-order valence-corrected chi connectivity index (χ4v) is 2.13. The summed E-state index contributed by atoms with van der Waals surface area (Å²) in [7, 11) is 0. The van der Waals surface area contributed by atoms with Gasteiger partial charge in [0.1, 0.15) is 0 Å². The number of carbonyl (C=O) groups is 2. The van der Waals surface area contributed by atoms with Crippen LogP contribution in [0.4, 0.5) is 0 Å². The second kappa shape index (κ2) is 7.95. The molecule has 7 nitrogen and oxygen atoms in total. The Hall–Kier alpha value is -0.860. The number of aliphatic hydroxyl groups is 2. The molecule has 0 rings (SSSR count). The molecule has 0 amide bonds. The van der Waals surface area contributed by atoms with E-state index in [0.29, 0.717) is 0 Å². The van der Waals surface area contributed by atoms with Crippen molar-refractivity contribution in [2.75, 3.05) is 13.2 Å². The number of nitrogens with two attached hydrogens (primary N) is 2. The number of carbonyl (C=O) groups excluding carboxylic acids is 2. The van der Waals surface area contributed by atoms with E-state index in [0.717, 1.165) is 0 Å². The van der Waals surface area contributed by atoms with E-state index in [1.54, 1.807) is 27.7 Å². The summed E-state index contributed by atoms with van der Waals surface area (Å²) in [6.45, 7) is 6.03. The van der Waals surface area contributed by atoms with Crippen LogP contribution in [0.3, 0.4) is 0 Å². The summed E-state index contributed by atoms with van der Waals surface area (Å²) in [5, 5.41) is 17.7. The molecule has 0 aliphatic heterocycles. The van der Waals surface area contributed by atoms with Gasteiger partial charge in [-0.15, -0.1) is 0 Å². The molecule has 0 saturated carbocycles. The highest BCUT2D eigenvalue weighted by molar-refractivity contribution is 5.85. The fraction of sp³-hybridized carbons (Fsp3) is 0.857. The van der Waals surface area contributed by atoms with Crippen LogP contribution >= 0.6 is 0 Å². The van der Waals surface area contributed by atoms with Gasteiger partial charge in [0.2, 0.25) is 0 Å². The van der Waals surface area contributed by atoms with Gasteiger partial charge < -0.3 is 26.4 Å². The Balaban J connectivity index is 4.67. The third-order valence-electron chi connectivity index (χ3n) is 2.97. The normalized spacial score (nSPS) is 15.6. The van der Waals surface area contributed by atoms with Crippen LogP contribution < -0.4 is 11.5 Å². The molecule has 0 aromatic carbocycles. The van der Waals surface area contributed by atoms with Crippen LogP contribution in [0.2, 0.25) is 0 Å². The van der Waals surface area contributed by atoms with Crippen molar-refractivity contribution in [2.24, 2.45) is 11.5 Å². The second-order valence-electron chi connectivity index (χ2n) is 6.49. The minimum absolute atomic E-state index is 0.0262. The summed E-state index contributed by atoms with van der Waals surface area (Å²) >= 11 is 0. The van der Waals surface area contributed by atoms with Crippen molar-refractivity contribution < 1.29 is 24.5 Å². The minimum Gasteiger partial charge on any atom is -0.394 e. The molecule has 2 atom stereocenters. The first-order valence-corrected chi connectivity index (χ1v) is 6.92. The fourth-order valence-electron chi connectivity index (χ4n) is 2.13. The maximum atomic E-state index is 11.8. The first-order chi connectivity index (χ1) is 9.44. The molecule has 0 aliphatic rings. The average Bonchev–Trinajstić information content (AvgIpc) is 2.33. The van der Waals surface area contributed by atoms with Crippen molar-refractivity contribution in [1.82, 2.24) is 0 Å². The van der Waals surface area contributed by atoms with Gasteiger partial charge in [-0.1, -0.05) is 0 Å². The molecule has 7 heteroatoms. The van der Waals surface area contributed by atoms with Crippen LogP contribution in [0, 0.1) is 0 Å². The van der Waals surface area contributed by atoms with Crippen LogP contribution in [0.25, 0.3) is 0 Å². The highest BCUT2D eigenvalue weighted by atomic mass is 16.5. The Morgan fingerprint density at radius 1 is 0.905 bits per heavy atom. The molecular weight excluding hydrogens is 276 g/mol. The van der Waals surface area contributed by atoms with Gasteiger partial charge in [-0.2, -0.15) is 0 Å². The smallest absolute Gasteiger partial charge is 0.154 e. The zero-order valence-electron chi connectivity index (χ0n) is 13.3. The summed E-state index contributed by atoms with van der Waals surface area (Å²) in [6, 6.07) is -1.86. The summed E-state index contributed by atoms with van der Waals surface area (Å²) in [4.78, 5) is 23.5. The van der Waals surface area contributed by atoms with Crippen LogP contribution in [-0.2, 0) is 14.3 Å². The van der Waals surface area contributed by atoms with Crippen molar-refractivity contribution in [3.05, 3.63) is 0 Å². The molecule has 0 saturated heterocycles. The van der Waals surface area contributed by atoms with Gasteiger partial charge in [0.15, 0.2) is 11.6 Å². The van der Waals surface area contributed by atoms with Gasteiger partial charge in [0.25, 0.3) is 0 Å². The Morgan fingerprint density at radius 2 is 1.19 bits per heavy atom. The van der Waals surface area contributed by atoms with Crippen LogP contribution in [-0.4, -0.2) is 58.3 Å². The zero-order valence-corrected chi connectivity index (χ0v) is 13.3. The van der Waals surface area contributed by atoms with E-state index in [-0.39, 0.29) is 24.4 Å². The third kappa shape index (κ3) is 7.63. The lowest BCUT2D eigenvalue weighted by Gasteiger charge is -2.36.